The van der Waals surface area contributed by atoms with Gasteiger partial charge in [-0.25, -0.2) is 9.82 Å². The molecule has 1 aliphatic rings. The summed E-state index contributed by atoms with van der Waals surface area (Å²) in [4.78, 5) is 11.2. The van der Waals surface area contributed by atoms with Crippen LogP contribution >= 0.6 is 0 Å². The first-order chi connectivity index (χ1) is 7.25. The monoisotopic (exact) mass is 206 g/mol. The molecule has 0 unspecified atom stereocenters. The molecule has 0 heterocycles. The Labute approximate surface area is 87.0 Å². The van der Waals surface area contributed by atoms with Crippen molar-refractivity contribution in [1.82, 2.24) is 5.43 Å². The van der Waals surface area contributed by atoms with Crippen LogP contribution in [0.2, 0.25) is 0 Å². The molecule has 2 rings (SSSR count). The van der Waals surface area contributed by atoms with Crippen LogP contribution in [0.4, 0.5) is 4.39 Å². The molecule has 1 aromatic rings. The summed E-state index contributed by atoms with van der Waals surface area (Å²) in [6.07, 6.45) is 3.33. The molecule has 0 aliphatic heterocycles. The Morgan fingerprint density at radius 3 is 3.00 bits per heavy atom. The van der Waals surface area contributed by atoms with Crippen LogP contribution in [-0.2, 0) is 4.79 Å². The highest BCUT2D eigenvalue weighted by molar-refractivity contribution is 5.84. The van der Waals surface area contributed by atoms with Crippen molar-refractivity contribution < 1.29 is 9.18 Å². The van der Waals surface area contributed by atoms with Gasteiger partial charge in [-0.1, -0.05) is 12.1 Å². The van der Waals surface area contributed by atoms with Gasteiger partial charge >= 0.3 is 0 Å². The maximum absolute atomic E-state index is 12.7. The van der Waals surface area contributed by atoms with Gasteiger partial charge in [-0.3, -0.25) is 4.79 Å². The summed E-state index contributed by atoms with van der Waals surface area (Å²) < 4.78 is 12.7. The van der Waals surface area contributed by atoms with Crippen LogP contribution in [0.15, 0.2) is 29.4 Å². The fourth-order valence-electron chi connectivity index (χ4n) is 1.19. The molecule has 4 heteroatoms. The van der Waals surface area contributed by atoms with Crippen LogP contribution in [0.25, 0.3) is 0 Å². The minimum absolute atomic E-state index is 0.0531. The highest BCUT2D eigenvalue weighted by atomic mass is 19.1. The van der Waals surface area contributed by atoms with Crippen molar-refractivity contribution in [2.45, 2.75) is 12.8 Å². The zero-order valence-electron chi connectivity index (χ0n) is 8.11. The zero-order valence-corrected chi connectivity index (χ0v) is 8.11. The molecule has 0 atom stereocenters. The predicted octanol–water partition coefficient (Wildman–Crippen LogP) is 1.69. The number of carbonyl (C=O) groups is 1. The van der Waals surface area contributed by atoms with E-state index in [1.807, 2.05) is 0 Å². The summed E-state index contributed by atoms with van der Waals surface area (Å²) in [5.74, 6) is -0.232. The Hall–Kier alpha value is -1.71. The Kier molecular flexibility index (Phi) is 2.76. The fourth-order valence-corrected chi connectivity index (χ4v) is 1.19. The van der Waals surface area contributed by atoms with Crippen LogP contribution in [0.1, 0.15) is 18.4 Å². The minimum Gasteiger partial charge on any atom is -0.273 e. The number of halogens is 1. The van der Waals surface area contributed by atoms with E-state index in [4.69, 9.17) is 0 Å². The van der Waals surface area contributed by atoms with Crippen LogP contribution < -0.4 is 5.43 Å². The first kappa shape index (κ1) is 9.83. The van der Waals surface area contributed by atoms with Crippen molar-refractivity contribution in [3.05, 3.63) is 35.6 Å². The molecule has 1 saturated carbocycles. The van der Waals surface area contributed by atoms with Gasteiger partial charge in [0.15, 0.2) is 0 Å². The molecule has 0 bridgehead atoms. The van der Waals surface area contributed by atoms with Crippen LogP contribution in [0.3, 0.4) is 0 Å². The largest absolute Gasteiger partial charge is 0.273 e. The molecule has 1 N–H and O–H groups in total. The molecule has 0 aromatic heterocycles. The van der Waals surface area contributed by atoms with E-state index < -0.39 is 0 Å². The Morgan fingerprint density at radius 2 is 2.33 bits per heavy atom. The maximum Gasteiger partial charge on any atom is 0.243 e. The summed E-state index contributed by atoms with van der Waals surface area (Å²) in [6, 6.07) is 6.03. The molecular weight excluding hydrogens is 195 g/mol. The third-order valence-electron chi connectivity index (χ3n) is 2.19. The Morgan fingerprint density at radius 1 is 1.53 bits per heavy atom. The third-order valence-corrected chi connectivity index (χ3v) is 2.19. The second-order valence-electron chi connectivity index (χ2n) is 3.56. The fraction of sp³-hybridized carbons (Fsp3) is 0.273. The van der Waals surface area contributed by atoms with Crippen molar-refractivity contribution in [1.29, 1.82) is 0 Å². The summed E-state index contributed by atoms with van der Waals surface area (Å²) in [7, 11) is 0. The van der Waals surface area contributed by atoms with Gasteiger partial charge in [0.1, 0.15) is 5.82 Å². The predicted molar refractivity (Wildman–Crippen MR) is 54.9 cm³/mol. The maximum atomic E-state index is 12.7. The van der Waals surface area contributed by atoms with Crippen molar-refractivity contribution in [2.24, 2.45) is 11.0 Å². The second-order valence-corrected chi connectivity index (χ2v) is 3.56. The number of hydrogen-bond donors (Lipinski definition) is 1. The van der Waals surface area contributed by atoms with E-state index in [2.05, 4.69) is 10.5 Å². The molecule has 1 amide bonds. The first-order valence-corrected chi connectivity index (χ1v) is 4.84. The first-order valence-electron chi connectivity index (χ1n) is 4.84. The lowest BCUT2D eigenvalue weighted by molar-refractivity contribution is -0.122. The lowest BCUT2D eigenvalue weighted by Crippen LogP contribution is -2.18. The van der Waals surface area contributed by atoms with E-state index in [0.29, 0.717) is 5.56 Å². The Bertz CT molecular complexity index is 399. The van der Waals surface area contributed by atoms with Gasteiger partial charge in [-0.15, -0.1) is 0 Å². The average molecular weight is 206 g/mol. The third kappa shape index (κ3) is 2.87. The molecule has 1 aliphatic carbocycles. The van der Waals surface area contributed by atoms with Crippen molar-refractivity contribution in [2.75, 3.05) is 0 Å². The lowest BCUT2D eigenvalue weighted by Gasteiger charge is -1.95. The minimum atomic E-state index is -0.313. The van der Waals surface area contributed by atoms with Crippen LogP contribution in [-0.4, -0.2) is 12.1 Å². The van der Waals surface area contributed by atoms with Gasteiger partial charge in [0.25, 0.3) is 0 Å². The molecule has 1 aromatic carbocycles. The van der Waals surface area contributed by atoms with Crippen molar-refractivity contribution in [3.63, 3.8) is 0 Å². The van der Waals surface area contributed by atoms with Gasteiger partial charge in [-0.05, 0) is 30.5 Å². The van der Waals surface area contributed by atoms with Gasteiger partial charge in [0.05, 0.1) is 6.21 Å². The van der Waals surface area contributed by atoms with Gasteiger partial charge in [-0.2, -0.15) is 5.10 Å². The second kappa shape index (κ2) is 4.21. The highest BCUT2D eigenvalue weighted by Gasteiger charge is 2.29. The van der Waals surface area contributed by atoms with Gasteiger partial charge < -0.3 is 0 Å². The number of nitrogens with zero attached hydrogens (tertiary/aromatic N) is 1. The van der Waals surface area contributed by atoms with Gasteiger partial charge in [0, 0.05) is 5.92 Å². The molecular formula is C11H11FN2O. The van der Waals surface area contributed by atoms with E-state index in [-0.39, 0.29) is 17.6 Å². The molecule has 3 nitrogen and oxygen atoms in total. The topological polar surface area (TPSA) is 41.5 Å². The van der Waals surface area contributed by atoms with E-state index in [9.17, 15) is 9.18 Å². The van der Waals surface area contributed by atoms with Crippen LogP contribution in [0.5, 0.6) is 0 Å². The molecule has 1 fully saturated rings. The molecule has 0 radical (unpaired) electrons. The van der Waals surface area contributed by atoms with Crippen LogP contribution in [0, 0.1) is 11.7 Å². The number of hydrogen-bond acceptors (Lipinski definition) is 2. The SMILES string of the molecule is O=C(N/N=C\c1cccc(F)c1)C1CC1. The van der Waals surface area contributed by atoms with E-state index in [1.54, 1.807) is 12.1 Å². The quantitative estimate of drug-likeness (QED) is 0.593. The lowest BCUT2D eigenvalue weighted by atomic mass is 10.2. The van der Waals surface area contributed by atoms with E-state index >= 15 is 0 Å². The molecule has 78 valence electrons. The van der Waals surface area contributed by atoms with Crippen molar-refractivity contribution in [3.8, 4) is 0 Å². The summed E-state index contributed by atoms with van der Waals surface area (Å²) in [6.45, 7) is 0. The smallest absolute Gasteiger partial charge is 0.243 e. The molecule has 15 heavy (non-hydrogen) atoms. The van der Waals surface area contributed by atoms with E-state index in [1.165, 1.54) is 18.3 Å². The average Bonchev–Trinajstić information content (AvgIpc) is 3.00. The highest BCUT2D eigenvalue weighted by Crippen LogP contribution is 2.28. The number of benzene rings is 1. The number of carbonyl (C=O) groups excluding carboxylic acids is 1. The number of nitrogens with one attached hydrogen (secondary N) is 1. The standard InChI is InChI=1S/C11H11FN2O/c12-10-3-1-2-8(6-10)7-13-14-11(15)9-4-5-9/h1-3,6-7,9H,4-5H2,(H,14,15)/b13-7-. The number of hydrazone groups is 1. The van der Waals surface area contributed by atoms with E-state index in [0.717, 1.165) is 12.8 Å². The molecule has 0 saturated heterocycles. The van der Waals surface area contributed by atoms with Gasteiger partial charge in [0.2, 0.25) is 5.91 Å². The normalized spacial score (nSPS) is 15.5. The Balaban J connectivity index is 1.90. The molecule has 0 spiro atoms. The summed E-state index contributed by atoms with van der Waals surface area (Å²) in [5, 5.41) is 3.75. The summed E-state index contributed by atoms with van der Waals surface area (Å²) >= 11 is 0. The van der Waals surface area contributed by atoms with Crippen molar-refractivity contribution >= 4 is 12.1 Å². The zero-order chi connectivity index (χ0) is 10.7. The summed E-state index contributed by atoms with van der Waals surface area (Å²) in [5.41, 5.74) is 3.05. The number of rotatable bonds is 3. The number of amides is 1.